The molecule has 0 unspecified atom stereocenters. The Morgan fingerprint density at radius 2 is 1.47 bits per heavy atom. The van der Waals surface area contributed by atoms with Crippen molar-refractivity contribution in [2.75, 3.05) is 0 Å². The third-order valence-electron chi connectivity index (χ3n) is 3.30. The molecule has 1 aliphatic carbocycles. The Morgan fingerprint density at radius 1 is 0.684 bits per heavy atom. The highest BCUT2D eigenvalue weighted by Gasteiger charge is 2.02. The summed E-state index contributed by atoms with van der Waals surface area (Å²) in [5, 5.41) is 0. The SMILES string of the molecule is C1=CCC=C(c2cccc(-c3ccccc3)c2)C=C1. The fourth-order valence-corrected chi connectivity index (χ4v) is 2.30. The molecule has 92 valence electrons. The molecule has 0 atom stereocenters. The lowest BCUT2D eigenvalue weighted by atomic mass is 9.98. The quantitative estimate of drug-likeness (QED) is 0.676. The highest BCUT2D eigenvalue weighted by atomic mass is 14.1. The van der Waals surface area contributed by atoms with Crippen LogP contribution in [-0.2, 0) is 0 Å². The summed E-state index contributed by atoms with van der Waals surface area (Å²) in [7, 11) is 0. The average Bonchev–Trinajstić information content (AvgIpc) is 2.77. The monoisotopic (exact) mass is 244 g/mol. The third kappa shape index (κ3) is 2.74. The van der Waals surface area contributed by atoms with Crippen LogP contribution in [0.25, 0.3) is 16.7 Å². The molecule has 0 spiro atoms. The van der Waals surface area contributed by atoms with Crippen molar-refractivity contribution in [3.63, 3.8) is 0 Å². The first-order chi connectivity index (χ1) is 9.43. The van der Waals surface area contributed by atoms with E-state index in [1.807, 2.05) is 0 Å². The minimum Gasteiger partial charge on any atom is -0.0807 e. The Kier molecular flexibility index (Phi) is 3.42. The van der Waals surface area contributed by atoms with Gasteiger partial charge in [-0.2, -0.15) is 0 Å². The molecular formula is C19H16. The van der Waals surface area contributed by atoms with E-state index in [1.165, 1.54) is 22.3 Å². The summed E-state index contributed by atoms with van der Waals surface area (Å²) in [5.41, 5.74) is 5.11. The normalized spacial score (nSPS) is 14.0. The van der Waals surface area contributed by atoms with Crippen LogP contribution in [0, 0.1) is 0 Å². The first-order valence-electron chi connectivity index (χ1n) is 6.63. The van der Waals surface area contributed by atoms with Gasteiger partial charge in [-0.15, -0.1) is 0 Å². The Labute approximate surface area is 114 Å². The van der Waals surface area contributed by atoms with Gasteiger partial charge in [-0.25, -0.2) is 0 Å². The predicted molar refractivity (Wildman–Crippen MR) is 82.8 cm³/mol. The maximum absolute atomic E-state index is 2.27. The van der Waals surface area contributed by atoms with E-state index in [0.717, 1.165) is 6.42 Å². The summed E-state index contributed by atoms with van der Waals surface area (Å²) < 4.78 is 0. The summed E-state index contributed by atoms with van der Waals surface area (Å²) in [4.78, 5) is 0. The lowest BCUT2D eigenvalue weighted by Crippen LogP contribution is -1.83. The number of benzene rings is 2. The molecule has 0 radical (unpaired) electrons. The molecule has 19 heavy (non-hydrogen) atoms. The molecule has 0 amide bonds. The standard InChI is InChI=1S/C19H16/c1-2-5-10-16(9-4-1)18-13-8-14-19(15-18)17-11-6-3-7-12-17/h1-4,6-15H,5H2. The Hall–Kier alpha value is -2.34. The molecule has 0 fully saturated rings. The van der Waals surface area contributed by atoms with Crippen LogP contribution in [0.4, 0.5) is 0 Å². The van der Waals surface area contributed by atoms with E-state index in [1.54, 1.807) is 0 Å². The smallest absolute Gasteiger partial charge is 0.0157 e. The summed E-state index contributed by atoms with van der Waals surface area (Å²) in [6.45, 7) is 0. The molecule has 2 aromatic carbocycles. The van der Waals surface area contributed by atoms with Gasteiger partial charge in [-0.05, 0) is 34.8 Å². The molecule has 0 heterocycles. The molecule has 0 aromatic heterocycles. The number of allylic oxidation sites excluding steroid dienone is 6. The van der Waals surface area contributed by atoms with Gasteiger partial charge in [0.1, 0.15) is 0 Å². The van der Waals surface area contributed by atoms with E-state index in [9.17, 15) is 0 Å². The van der Waals surface area contributed by atoms with Crippen LogP contribution in [0.15, 0.2) is 85.0 Å². The average molecular weight is 244 g/mol. The minimum atomic E-state index is 0.998. The van der Waals surface area contributed by atoms with Gasteiger partial charge < -0.3 is 0 Å². The zero-order valence-corrected chi connectivity index (χ0v) is 10.8. The summed E-state index contributed by atoms with van der Waals surface area (Å²) >= 11 is 0. The molecule has 0 nitrogen and oxygen atoms in total. The minimum absolute atomic E-state index is 0.998. The first-order valence-corrected chi connectivity index (χ1v) is 6.63. The topological polar surface area (TPSA) is 0 Å². The van der Waals surface area contributed by atoms with Gasteiger partial charge in [0, 0.05) is 0 Å². The second-order valence-corrected chi connectivity index (χ2v) is 4.63. The van der Waals surface area contributed by atoms with Gasteiger partial charge in [0.15, 0.2) is 0 Å². The van der Waals surface area contributed by atoms with Crippen LogP contribution >= 0.6 is 0 Å². The fraction of sp³-hybridized carbons (Fsp3) is 0.0526. The van der Waals surface area contributed by atoms with Crippen molar-refractivity contribution in [3.8, 4) is 11.1 Å². The van der Waals surface area contributed by atoms with Crippen LogP contribution in [0.1, 0.15) is 12.0 Å². The molecule has 0 N–H and O–H groups in total. The van der Waals surface area contributed by atoms with Crippen LogP contribution in [0.5, 0.6) is 0 Å². The molecular weight excluding hydrogens is 228 g/mol. The summed E-state index contributed by atoms with van der Waals surface area (Å²) in [6, 6.07) is 19.2. The second-order valence-electron chi connectivity index (χ2n) is 4.63. The van der Waals surface area contributed by atoms with Gasteiger partial charge in [-0.3, -0.25) is 0 Å². The molecule has 0 saturated heterocycles. The largest absolute Gasteiger partial charge is 0.0807 e. The van der Waals surface area contributed by atoms with Crippen molar-refractivity contribution in [3.05, 3.63) is 90.5 Å². The van der Waals surface area contributed by atoms with Gasteiger partial charge in [0.2, 0.25) is 0 Å². The first kappa shape index (κ1) is 11.7. The third-order valence-corrected chi connectivity index (χ3v) is 3.30. The van der Waals surface area contributed by atoms with E-state index in [0.29, 0.717) is 0 Å². The van der Waals surface area contributed by atoms with Crippen molar-refractivity contribution in [1.29, 1.82) is 0 Å². The maximum atomic E-state index is 2.27. The van der Waals surface area contributed by atoms with Crippen molar-refractivity contribution in [2.45, 2.75) is 6.42 Å². The van der Waals surface area contributed by atoms with Gasteiger partial charge in [0.25, 0.3) is 0 Å². The van der Waals surface area contributed by atoms with Crippen molar-refractivity contribution < 1.29 is 0 Å². The lowest BCUT2D eigenvalue weighted by molar-refractivity contribution is 1.40. The predicted octanol–water partition coefficient (Wildman–Crippen LogP) is 5.25. The summed E-state index contributed by atoms with van der Waals surface area (Å²) in [6.07, 6.45) is 11.8. The zero-order valence-electron chi connectivity index (χ0n) is 10.8. The van der Waals surface area contributed by atoms with Crippen LogP contribution in [0.3, 0.4) is 0 Å². The zero-order chi connectivity index (χ0) is 12.9. The highest BCUT2D eigenvalue weighted by molar-refractivity contribution is 5.78. The second kappa shape index (κ2) is 5.53. The molecule has 0 heteroatoms. The molecule has 2 aromatic rings. The lowest BCUT2D eigenvalue weighted by Gasteiger charge is -2.06. The van der Waals surface area contributed by atoms with E-state index < -0.39 is 0 Å². The van der Waals surface area contributed by atoms with Crippen LogP contribution in [0.2, 0.25) is 0 Å². The highest BCUT2D eigenvalue weighted by Crippen LogP contribution is 2.25. The number of hydrogen-bond acceptors (Lipinski definition) is 0. The molecule has 0 saturated carbocycles. The fourth-order valence-electron chi connectivity index (χ4n) is 2.30. The molecule has 1 aliphatic rings. The van der Waals surface area contributed by atoms with E-state index in [2.05, 4.69) is 85.0 Å². The van der Waals surface area contributed by atoms with Gasteiger partial charge >= 0.3 is 0 Å². The van der Waals surface area contributed by atoms with E-state index in [4.69, 9.17) is 0 Å². The molecule has 0 bridgehead atoms. The molecule has 3 rings (SSSR count). The van der Waals surface area contributed by atoms with Crippen LogP contribution < -0.4 is 0 Å². The van der Waals surface area contributed by atoms with E-state index >= 15 is 0 Å². The van der Waals surface area contributed by atoms with Crippen LogP contribution in [-0.4, -0.2) is 0 Å². The Bertz CT molecular complexity index is 643. The van der Waals surface area contributed by atoms with Crippen molar-refractivity contribution >= 4 is 5.57 Å². The van der Waals surface area contributed by atoms with Gasteiger partial charge in [0.05, 0.1) is 0 Å². The van der Waals surface area contributed by atoms with Gasteiger partial charge in [-0.1, -0.05) is 78.9 Å². The summed E-state index contributed by atoms with van der Waals surface area (Å²) in [5.74, 6) is 0. The van der Waals surface area contributed by atoms with Crippen molar-refractivity contribution in [2.24, 2.45) is 0 Å². The van der Waals surface area contributed by atoms with E-state index in [-0.39, 0.29) is 0 Å². The number of hydrogen-bond donors (Lipinski definition) is 0. The maximum Gasteiger partial charge on any atom is -0.0157 e. The Balaban J connectivity index is 1.99. The van der Waals surface area contributed by atoms with Crippen molar-refractivity contribution in [1.82, 2.24) is 0 Å². The Morgan fingerprint density at radius 3 is 2.37 bits per heavy atom. The number of rotatable bonds is 2. The molecule has 0 aliphatic heterocycles.